The van der Waals surface area contributed by atoms with Crippen molar-refractivity contribution in [2.24, 2.45) is 5.92 Å². The van der Waals surface area contributed by atoms with Gasteiger partial charge in [-0.1, -0.05) is 0 Å². The summed E-state index contributed by atoms with van der Waals surface area (Å²) in [4.78, 5) is 2.61. The molecule has 3 unspecified atom stereocenters. The lowest BCUT2D eigenvalue weighted by molar-refractivity contribution is -0.0270. The number of ether oxygens (including phenoxy) is 2. The van der Waals surface area contributed by atoms with Crippen molar-refractivity contribution in [1.29, 1.82) is 0 Å². The minimum Gasteiger partial charge on any atom is -0.383 e. The van der Waals surface area contributed by atoms with Crippen LogP contribution in [0.5, 0.6) is 0 Å². The van der Waals surface area contributed by atoms with Crippen molar-refractivity contribution in [2.45, 2.75) is 44.3 Å². The molecular weight excluding hydrogens is 228 g/mol. The maximum Gasteiger partial charge on any atom is 0.0637 e. The molecule has 1 saturated carbocycles. The fraction of sp³-hybridized carbons (Fsp3) is 1.00. The molecule has 0 bridgehead atoms. The summed E-state index contributed by atoms with van der Waals surface area (Å²) in [5.74, 6) is 0.890. The molecule has 2 rings (SSSR count). The maximum atomic E-state index is 5.70. The van der Waals surface area contributed by atoms with Gasteiger partial charge in [0.15, 0.2) is 0 Å². The number of hydrogen-bond acceptors (Lipinski definition) is 4. The fourth-order valence-electron chi connectivity index (χ4n) is 3.10. The smallest absolute Gasteiger partial charge is 0.0637 e. The lowest BCUT2D eigenvalue weighted by Gasteiger charge is -2.43. The SMILES string of the molecule is CNC1CCOCC1N(CCOC)C(C)C1CC1. The molecule has 1 aliphatic heterocycles. The van der Waals surface area contributed by atoms with Gasteiger partial charge in [0.1, 0.15) is 0 Å². The Morgan fingerprint density at radius 3 is 2.78 bits per heavy atom. The molecule has 1 saturated heterocycles. The third kappa shape index (κ3) is 3.44. The van der Waals surface area contributed by atoms with E-state index in [1.807, 2.05) is 0 Å². The Kier molecular flexibility index (Phi) is 5.42. The van der Waals surface area contributed by atoms with Crippen LogP contribution < -0.4 is 5.32 Å². The summed E-state index contributed by atoms with van der Waals surface area (Å²) in [5, 5.41) is 3.46. The number of hydrogen-bond donors (Lipinski definition) is 1. The van der Waals surface area contributed by atoms with Crippen LogP contribution >= 0.6 is 0 Å². The third-order valence-electron chi connectivity index (χ3n) is 4.50. The number of methoxy groups -OCH3 is 1. The minimum absolute atomic E-state index is 0.495. The molecular formula is C14H28N2O2. The van der Waals surface area contributed by atoms with Gasteiger partial charge < -0.3 is 14.8 Å². The Balaban J connectivity index is 1.99. The van der Waals surface area contributed by atoms with Gasteiger partial charge in [0.05, 0.1) is 13.2 Å². The zero-order valence-electron chi connectivity index (χ0n) is 12.0. The average Bonchev–Trinajstić information content (AvgIpc) is 3.23. The van der Waals surface area contributed by atoms with Gasteiger partial charge >= 0.3 is 0 Å². The predicted molar refractivity (Wildman–Crippen MR) is 72.8 cm³/mol. The van der Waals surface area contributed by atoms with E-state index in [4.69, 9.17) is 9.47 Å². The number of nitrogens with one attached hydrogen (secondary N) is 1. The zero-order chi connectivity index (χ0) is 13.0. The molecule has 106 valence electrons. The van der Waals surface area contributed by atoms with E-state index >= 15 is 0 Å². The van der Waals surface area contributed by atoms with Crippen molar-refractivity contribution in [3.8, 4) is 0 Å². The molecule has 0 aromatic heterocycles. The molecule has 0 amide bonds. The lowest BCUT2D eigenvalue weighted by atomic mass is 9.99. The van der Waals surface area contributed by atoms with E-state index in [2.05, 4.69) is 24.2 Å². The molecule has 3 atom stereocenters. The molecule has 1 aliphatic carbocycles. The van der Waals surface area contributed by atoms with Gasteiger partial charge in [0.25, 0.3) is 0 Å². The normalized spacial score (nSPS) is 30.7. The van der Waals surface area contributed by atoms with E-state index in [1.54, 1.807) is 7.11 Å². The van der Waals surface area contributed by atoms with E-state index in [0.717, 1.165) is 38.7 Å². The molecule has 0 spiro atoms. The van der Waals surface area contributed by atoms with Crippen molar-refractivity contribution in [2.75, 3.05) is 40.5 Å². The monoisotopic (exact) mass is 256 g/mol. The van der Waals surface area contributed by atoms with Gasteiger partial charge in [-0.15, -0.1) is 0 Å². The molecule has 1 heterocycles. The van der Waals surface area contributed by atoms with Gasteiger partial charge in [-0.2, -0.15) is 0 Å². The van der Waals surface area contributed by atoms with Crippen molar-refractivity contribution < 1.29 is 9.47 Å². The molecule has 1 N–H and O–H groups in total. The van der Waals surface area contributed by atoms with Crippen LogP contribution in [0.3, 0.4) is 0 Å². The highest BCUT2D eigenvalue weighted by atomic mass is 16.5. The van der Waals surface area contributed by atoms with Crippen molar-refractivity contribution in [3.63, 3.8) is 0 Å². The van der Waals surface area contributed by atoms with E-state index in [9.17, 15) is 0 Å². The van der Waals surface area contributed by atoms with E-state index in [0.29, 0.717) is 18.1 Å². The van der Waals surface area contributed by atoms with Gasteiger partial charge in [-0.3, -0.25) is 4.90 Å². The number of nitrogens with zero attached hydrogens (tertiary/aromatic N) is 1. The Bertz CT molecular complexity index is 246. The van der Waals surface area contributed by atoms with Crippen LogP contribution in [-0.2, 0) is 9.47 Å². The van der Waals surface area contributed by atoms with E-state index < -0.39 is 0 Å². The third-order valence-corrected chi connectivity index (χ3v) is 4.50. The van der Waals surface area contributed by atoms with E-state index in [-0.39, 0.29) is 0 Å². The average molecular weight is 256 g/mol. The maximum absolute atomic E-state index is 5.70. The Morgan fingerprint density at radius 1 is 1.39 bits per heavy atom. The predicted octanol–water partition coefficient (Wildman–Crippen LogP) is 1.11. The van der Waals surface area contributed by atoms with Crippen molar-refractivity contribution in [1.82, 2.24) is 10.2 Å². The van der Waals surface area contributed by atoms with Crippen LogP contribution in [0.2, 0.25) is 0 Å². The van der Waals surface area contributed by atoms with Crippen LogP contribution in [0.15, 0.2) is 0 Å². The lowest BCUT2D eigenvalue weighted by Crippen LogP contribution is -2.58. The molecule has 0 aromatic rings. The summed E-state index contributed by atoms with van der Waals surface area (Å²) in [6.45, 7) is 5.93. The molecule has 0 aromatic carbocycles. The molecule has 2 fully saturated rings. The highest BCUT2D eigenvalue weighted by Crippen LogP contribution is 2.36. The summed E-state index contributed by atoms with van der Waals surface area (Å²) in [7, 11) is 3.85. The Labute approximate surface area is 111 Å². The van der Waals surface area contributed by atoms with E-state index in [1.165, 1.54) is 12.8 Å². The first-order chi connectivity index (χ1) is 8.77. The minimum atomic E-state index is 0.495. The largest absolute Gasteiger partial charge is 0.383 e. The standard InChI is InChI=1S/C14H28N2O2/c1-11(12-4-5-12)16(7-9-17-3)14-10-18-8-6-13(14)15-2/h11-15H,4-10H2,1-3H3. The van der Waals surface area contributed by atoms with Crippen LogP contribution in [0, 0.1) is 5.92 Å². The zero-order valence-corrected chi connectivity index (χ0v) is 12.0. The summed E-state index contributed by atoms with van der Waals surface area (Å²) in [5.41, 5.74) is 0. The van der Waals surface area contributed by atoms with Gasteiger partial charge in [-0.25, -0.2) is 0 Å². The highest BCUT2D eigenvalue weighted by molar-refractivity contribution is 4.93. The second kappa shape index (κ2) is 6.85. The molecule has 4 nitrogen and oxygen atoms in total. The first-order valence-corrected chi connectivity index (χ1v) is 7.27. The number of likely N-dealkylation sites (N-methyl/N-ethyl adjacent to an activating group) is 1. The first kappa shape index (κ1) is 14.3. The van der Waals surface area contributed by atoms with Crippen LogP contribution in [-0.4, -0.2) is 63.5 Å². The molecule has 0 radical (unpaired) electrons. The first-order valence-electron chi connectivity index (χ1n) is 7.27. The van der Waals surface area contributed by atoms with Crippen molar-refractivity contribution in [3.05, 3.63) is 0 Å². The summed E-state index contributed by atoms with van der Waals surface area (Å²) in [6.07, 6.45) is 3.90. The quantitative estimate of drug-likeness (QED) is 0.740. The topological polar surface area (TPSA) is 33.7 Å². The van der Waals surface area contributed by atoms with Crippen LogP contribution in [0.25, 0.3) is 0 Å². The fourth-order valence-corrected chi connectivity index (χ4v) is 3.10. The highest BCUT2D eigenvalue weighted by Gasteiger charge is 2.38. The Hall–Kier alpha value is -0.160. The summed E-state index contributed by atoms with van der Waals surface area (Å²) in [6, 6.07) is 1.70. The summed E-state index contributed by atoms with van der Waals surface area (Å²) >= 11 is 0. The van der Waals surface area contributed by atoms with Gasteiger partial charge in [-0.05, 0) is 39.2 Å². The second-order valence-corrected chi connectivity index (χ2v) is 5.63. The molecule has 18 heavy (non-hydrogen) atoms. The van der Waals surface area contributed by atoms with Gasteiger partial charge in [0, 0.05) is 38.4 Å². The van der Waals surface area contributed by atoms with Crippen molar-refractivity contribution >= 4 is 0 Å². The second-order valence-electron chi connectivity index (χ2n) is 5.63. The van der Waals surface area contributed by atoms with Crippen LogP contribution in [0.1, 0.15) is 26.2 Å². The van der Waals surface area contributed by atoms with Gasteiger partial charge in [0.2, 0.25) is 0 Å². The number of rotatable bonds is 7. The Morgan fingerprint density at radius 2 is 2.17 bits per heavy atom. The molecule has 2 aliphatic rings. The van der Waals surface area contributed by atoms with Crippen LogP contribution in [0.4, 0.5) is 0 Å². The summed E-state index contributed by atoms with van der Waals surface area (Å²) < 4.78 is 11.0. The molecule has 4 heteroatoms.